The Labute approximate surface area is 144 Å². The summed E-state index contributed by atoms with van der Waals surface area (Å²) in [7, 11) is 0. The van der Waals surface area contributed by atoms with Crippen LogP contribution < -0.4 is 4.74 Å². The van der Waals surface area contributed by atoms with E-state index >= 15 is 0 Å². The molecule has 1 aromatic heterocycles. The van der Waals surface area contributed by atoms with Crippen molar-refractivity contribution in [2.45, 2.75) is 18.7 Å². The van der Waals surface area contributed by atoms with E-state index in [1.54, 1.807) is 12.3 Å². The summed E-state index contributed by atoms with van der Waals surface area (Å²) in [6.45, 7) is 0. The van der Waals surface area contributed by atoms with Crippen LogP contribution in [0.1, 0.15) is 35.6 Å². The van der Waals surface area contributed by atoms with E-state index in [9.17, 15) is 4.39 Å². The standard InChI is InChI=1S/C20H15FN2O2/c21-14-6-3-5-13(11-14)20-23-17(15-7-1-2-8-18(15)25-20)12-16(22-23)19-9-4-10-24-19/h1-11,17,20H,12H2/t17-,20-/m1/s1. The first-order valence-electron chi connectivity index (χ1n) is 8.20. The number of furan rings is 1. The number of hydrazone groups is 1. The van der Waals surface area contributed by atoms with Crippen molar-refractivity contribution < 1.29 is 13.5 Å². The quantitative estimate of drug-likeness (QED) is 0.684. The normalized spacial score (nSPS) is 21.3. The number of rotatable bonds is 2. The molecular weight excluding hydrogens is 319 g/mol. The fraction of sp³-hybridized carbons (Fsp3) is 0.150. The minimum Gasteiger partial charge on any atom is -0.464 e. The van der Waals surface area contributed by atoms with E-state index in [0.29, 0.717) is 0 Å². The number of ether oxygens (including phenoxy) is 1. The van der Waals surface area contributed by atoms with Gasteiger partial charge in [-0.05, 0) is 30.3 Å². The van der Waals surface area contributed by atoms with Crippen molar-refractivity contribution in [2.75, 3.05) is 0 Å². The first-order chi connectivity index (χ1) is 12.3. The summed E-state index contributed by atoms with van der Waals surface area (Å²) < 4.78 is 25.4. The van der Waals surface area contributed by atoms with Gasteiger partial charge < -0.3 is 9.15 Å². The molecule has 25 heavy (non-hydrogen) atoms. The molecule has 2 aliphatic rings. The van der Waals surface area contributed by atoms with Crippen LogP contribution in [0.2, 0.25) is 0 Å². The van der Waals surface area contributed by atoms with Gasteiger partial charge in [0.2, 0.25) is 6.23 Å². The number of nitrogens with zero attached hydrogens (tertiary/aromatic N) is 2. The lowest BCUT2D eigenvalue weighted by molar-refractivity contribution is -0.0192. The minimum atomic E-state index is -0.469. The van der Waals surface area contributed by atoms with Gasteiger partial charge in [-0.15, -0.1) is 0 Å². The fourth-order valence-electron chi connectivity index (χ4n) is 3.51. The van der Waals surface area contributed by atoms with Crippen LogP contribution in [-0.2, 0) is 0 Å². The third kappa shape index (κ3) is 2.31. The average Bonchev–Trinajstić information content (AvgIpc) is 3.30. The molecule has 0 saturated heterocycles. The zero-order valence-corrected chi connectivity index (χ0v) is 13.3. The number of hydrogen-bond acceptors (Lipinski definition) is 4. The summed E-state index contributed by atoms with van der Waals surface area (Å²) in [4.78, 5) is 0. The van der Waals surface area contributed by atoms with Gasteiger partial charge in [-0.2, -0.15) is 5.10 Å². The van der Waals surface area contributed by atoms with E-state index in [0.717, 1.165) is 34.8 Å². The molecule has 0 N–H and O–H groups in total. The molecule has 5 heteroatoms. The largest absolute Gasteiger partial charge is 0.464 e. The first kappa shape index (κ1) is 14.3. The zero-order valence-electron chi connectivity index (χ0n) is 13.3. The molecule has 5 rings (SSSR count). The third-order valence-corrected chi connectivity index (χ3v) is 4.64. The van der Waals surface area contributed by atoms with Gasteiger partial charge in [0.05, 0.1) is 12.3 Å². The van der Waals surface area contributed by atoms with Crippen molar-refractivity contribution in [3.63, 3.8) is 0 Å². The second kappa shape index (κ2) is 5.48. The Morgan fingerprint density at radius 1 is 1.04 bits per heavy atom. The van der Waals surface area contributed by atoms with Crippen molar-refractivity contribution in [3.8, 4) is 5.75 Å². The van der Waals surface area contributed by atoms with Crippen molar-refractivity contribution >= 4 is 5.71 Å². The molecule has 0 spiro atoms. The SMILES string of the molecule is Fc1cccc([C@H]2Oc3ccccc3[C@H]3CC(c4ccco4)=NN32)c1. The molecule has 2 atom stereocenters. The summed E-state index contributed by atoms with van der Waals surface area (Å²) in [5.41, 5.74) is 2.70. The lowest BCUT2D eigenvalue weighted by Crippen LogP contribution is -2.33. The Balaban J connectivity index is 1.62. The summed E-state index contributed by atoms with van der Waals surface area (Å²) in [6.07, 6.45) is 1.90. The number of hydrogen-bond donors (Lipinski definition) is 0. The number of para-hydroxylation sites is 1. The Bertz CT molecular complexity index is 952. The second-order valence-electron chi connectivity index (χ2n) is 6.19. The van der Waals surface area contributed by atoms with Crippen LogP contribution >= 0.6 is 0 Å². The topological polar surface area (TPSA) is 38.0 Å². The second-order valence-corrected chi connectivity index (χ2v) is 6.19. The highest BCUT2D eigenvalue weighted by molar-refractivity contribution is 5.99. The number of halogens is 1. The number of benzene rings is 2. The van der Waals surface area contributed by atoms with Crippen LogP contribution in [0, 0.1) is 5.82 Å². The highest BCUT2D eigenvalue weighted by Crippen LogP contribution is 2.47. The molecule has 0 saturated carbocycles. The maximum atomic E-state index is 13.7. The lowest BCUT2D eigenvalue weighted by Gasteiger charge is -2.38. The Kier molecular flexibility index (Phi) is 3.13. The molecule has 0 amide bonds. The van der Waals surface area contributed by atoms with Gasteiger partial charge in [-0.25, -0.2) is 9.40 Å². The molecule has 3 heterocycles. The van der Waals surface area contributed by atoms with E-state index in [1.165, 1.54) is 12.1 Å². The molecule has 0 radical (unpaired) electrons. The highest BCUT2D eigenvalue weighted by atomic mass is 19.1. The van der Waals surface area contributed by atoms with Crippen LogP contribution in [0.3, 0.4) is 0 Å². The molecule has 3 aromatic rings. The maximum Gasteiger partial charge on any atom is 0.213 e. The van der Waals surface area contributed by atoms with Crippen LogP contribution in [0.4, 0.5) is 4.39 Å². The predicted molar refractivity (Wildman–Crippen MR) is 90.7 cm³/mol. The highest BCUT2D eigenvalue weighted by Gasteiger charge is 2.41. The van der Waals surface area contributed by atoms with Gasteiger partial charge in [0.1, 0.15) is 23.0 Å². The van der Waals surface area contributed by atoms with E-state index in [1.807, 2.05) is 41.4 Å². The molecule has 2 aliphatic heterocycles. The summed E-state index contributed by atoms with van der Waals surface area (Å²) in [6, 6.07) is 18.2. The van der Waals surface area contributed by atoms with Gasteiger partial charge >= 0.3 is 0 Å². The van der Waals surface area contributed by atoms with Gasteiger partial charge in [-0.1, -0.05) is 30.3 Å². The van der Waals surface area contributed by atoms with Gasteiger partial charge in [0.15, 0.2) is 0 Å². The van der Waals surface area contributed by atoms with Crippen molar-refractivity contribution in [2.24, 2.45) is 5.10 Å². The average molecular weight is 334 g/mol. The number of fused-ring (bicyclic) bond motifs is 3. The summed E-state index contributed by atoms with van der Waals surface area (Å²) in [5, 5.41) is 6.66. The monoisotopic (exact) mass is 334 g/mol. The molecule has 4 nitrogen and oxygen atoms in total. The van der Waals surface area contributed by atoms with Crippen LogP contribution in [0.15, 0.2) is 76.4 Å². The van der Waals surface area contributed by atoms with E-state index in [-0.39, 0.29) is 11.9 Å². The third-order valence-electron chi connectivity index (χ3n) is 4.64. The molecule has 124 valence electrons. The lowest BCUT2D eigenvalue weighted by atomic mass is 9.97. The molecular formula is C20H15FN2O2. The van der Waals surface area contributed by atoms with Crippen molar-refractivity contribution in [1.82, 2.24) is 5.01 Å². The Morgan fingerprint density at radius 3 is 2.80 bits per heavy atom. The van der Waals surface area contributed by atoms with Crippen LogP contribution in [0.5, 0.6) is 5.75 Å². The fourth-order valence-corrected chi connectivity index (χ4v) is 3.51. The molecule has 0 bridgehead atoms. The van der Waals surface area contributed by atoms with Gasteiger partial charge in [0.25, 0.3) is 0 Å². The van der Waals surface area contributed by atoms with Gasteiger partial charge in [0, 0.05) is 17.5 Å². The predicted octanol–water partition coefficient (Wildman–Crippen LogP) is 4.66. The van der Waals surface area contributed by atoms with Crippen LogP contribution in [-0.4, -0.2) is 10.7 Å². The molecule has 0 unspecified atom stereocenters. The maximum absolute atomic E-state index is 13.7. The van der Waals surface area contributed by atoms with E-state index in [2.05, 4.69) is 6.07 Å². The first-order valence-corrected chi connectivity index (χ1v) is 8.20. The smallest absolute Gasteiger partial charge is 0.213 e. The Hall–Kier alpha value is -3.08. The summed E-state index contributed by atoms with van der Waals surface area (Å²) >= 11 is 0. The van der Waals surface area contributed by atoms with Crippen LogP contribution in [0.25, 0.3) is 0 Å². The van der Waals surface area contributed by atoms with Gasteiger partial charge in [-0.3, -0.25) is 0 Å². The molecule has 2 aromatic carbocycles. The Morgan fingerprint density at radius 2 is 1.96 bits per heavy atom. The summed E-state index contributed by atoms with van der Waals surface area (Å²) in [5.74, 6) is 1.28. The zero-order chi connectivity index (χ0) is 16.8. The minimum absolute atomic E-state index is 0.0401. The van der Waals surface area contributed by atoms with Crippen molar-refractivity contribution in [3.05, 3.63) is 89.6 Å². The molecule has 0 aliphatic carbocycles. The molecule has 0 fully saturated rings. The van der Waals surface area contributed by atoms with Crippen molar-refractivity contribution in [1.29, 1.82) is 0 Å². The van der Waals surface area contributed by atoms with E-state index in [4.69, 9.17) is 14.3 Å². The van der Waals surface area contributed by atoms with E-state index < -0.39 is 6.23 Å².